The molecule has 0 aliphatic rings. The normalized spacial score (nSPS) is 9.95. The quantitative estimate of drug-likeness (QED) is 0.448. The summed E-state index contributed by atoms with van der Waals surface area (Å²) in [6.07, 6.45) is 2.86. The van der Waals surface area contributed by atoms with Crippen LogP contribution in [-0.2, 0) is 0 Å². The number of nitrogens with zero attached hydrogens (tertiary/aromatic N) is 1. The first-order chi connectivity index (χ1) is 9.65. The number of nitrogens with two attached hydrogens (primary N) is 1. The number of carbonyl (C=O) groups excluding carboxylic acids is 1. The molecule has 1 aromatic carbocycles. The number of nitrogen functional groups attached to an aromatic ring is 1. The van der Waals surface area contributed by atoms with Crippen molar-refractivity contribution in [1.29, 1.82) is 0 Å². The van der Waals surface area contributed by atoms with Crippen LogP contribution < -0.4 is 21.3 Å². The van der Waals surface area contributed by atoms with Crippen LogP contribution in [0.15, 0.2) is 36.7 Å². The second-order valence-electron chi connectivity index (χ2n) is 3.87. The number of aromatic nitrogens is 1. The summed E-state index contributed by atoms with van der Waals surface area (Å²) >= 11 is 0. The number of hydrogen-bond acceptors (Lipinski definition) is 5. The molecule has 0 saturated carbocycles. The van der Waals surface area contributed by atoms with Crippen molar-refractivity contribution in [3.8, 4) is 5.75 Å². The monoisotopic (exact) mass is 276 g/mol. The summed E-state index contributed by atoms with van der Waals surface area (Å²) in [5.41, 5.74) is 2.83. The van der Waals surface area contributed by atoms with Crippen LogP contribution in [0.5, 0.6) is 5.75 Å². The minimum atomic E-state index is -0.507. The van der Waals surface area contributed by atoms with Crippen LogP contribution in [0, 0.1) is 5.82 Å². The second-order valence-corrected chi connectivity index (χ2v) is 3.87. The zero-order valence-corrected chi connectivity index (χ0v) is 10.7. The van der Waals surface area contributed by atoms with Crippen LogP contribution >= 0.6 is 0 Å². The van der Waals surface area contributed by atoms with Crippen LogP contribution in [0.4, 0.5) is 15.8 Å². The smallest absolute Gasteiger partial charge is 0.267 e. The molecule has 0 saturated heterocycles. The van der Waals surface area contributed by atoms with Crippen LogP contribution in [-0.4, -0.2) is 18.0 Å². The van der Waals surface area contributed by atoms with E-state index in [9.17, 15) is 9.18 Å². The van der Waals surface area contributed by atoms with Crippen molar-refractivity contribution in [2.45, 2.75) is 0 Å². The highest BCUT2D eigenvalue weighted by atomic mass is 19.1. The van der Waals surface area contributed by atoms with Gasteiger partial charge >= 0.3 is 0 Å². The number of nitrogens with one attached hydrogen (secondary N) is 2. The SMILES string of the molecule is COc1ccc(Nc2cnccc2C(=O)NN)c(F)c1. The molecule has 0 unspecified atom stereocenters. The third kappa shape index (κ3) is 2.83. The molecule has 104 valence electrons. The lowest BCUT2D eigenvalue weighted by atomic mass is 10.2. The minimum Gasteiger partial charge on any atom is -0.497 e. The summed E-state index contributed by atoms with van der Waals surface area (Å²) in [6.45, 7) is 0. The molecule has 7 heteroatoms. The zero-order valence-electron chi connectivity index (χ0n) is 10.7. The van der Waals surface area contributed by atoms with Gasteiger partial charge in [0.1, 0.15) is 11.6 Å². The molecule has 0 atom stereocenters. The standard InChI is InChI=1S/C13H13FN4O2/c1-20-8-2-3-11(10(14)6-8)17-12-7-16-5-4-9(12)13(19)18-15/h2-7,17H,15H2,1H3,(H,18,19). The van der Waals surface area contributed by atoms with Crippen LogP contribution in [0.3, 0.4) is 0 Å². The number of halogens is 1. The highest BCUT2D eigenvalue weighted by Crippen LogP contribution is 2.25. The number of hydrazine groups is 1. The fraction of sp³-hybridized carbons (Fsp3) is 0.0769. The van der Waals surface area contributed by atoms with Crippen molar-refractivity contribution in [3.63, 3.8) is 0 Å². The summed E-state index contributed by atoms with van der Waals surface area (Å²) in [5, 5.41) is 2.80. The number of amides is 1. The van der Waals surface area contributed by atoms with Crippen molar-refractivity contribution < 1.29 is 13.9 Å². The Bertz CT molecular complexity index is 634. The summed E-state index contributed by atoms with van der Waals surface area (Å²) in [5.74, 6) is 4.49. The molecule has 2 rings (SSSR count). The molecular formula is C13H13FN4O2. The fourth-order valence-electron chi connectivity index (χ4n) is 1.64. The Morgan fingerprint density at radius 3 is 2.80 bits per heavy atom. The van der Waals surface area contributed by atoms with E-state index in [1.54, 1.807) is 6.07 Å². The topological polar surface area (TPSA) is 89.3 Å². The predicted octanol–water partition coefficient (Wildman–Crippen LogP) is 1.58. The molecular weight excluding hydrogens is 263 g/mol. The van der Waals surface area contributed by atoms with Gasteiger partial charge in [-0.3, -0.25) is 15.2 Å². The van der Waals surface area contributed by atoms with Crippen molar-refractivity contribution in [2.75, 3.05) is 12.4 Å². The van der Waals surface area contributed by atoms with Gasteiger partial charge in [-0.15, -0.1) is 0 Å². The summed E-state index contributed by atoms with van der Waals surface area (Å²) in [7, 11) is 1.45. The van der Waals surface area contributed by atoms with E-state index < -0.39 is 11.7 Å². The maximum absolute atomic E-state index is 13.8. The van der Waals surface area contributed by atoms with E-state index >= 15 is 0 Å². The third-order valence-electron chi connectivity index (χ3n) is 2.64. The molecule has 1 heterocycles. The molecule has 1 aromatic heterocycles. The average Bonchev–Trinajstić information content (AvgIpc) is 2.49. The zero-order chi connectivity index (χ0) is 14.5. The van der Waals surface area contributed by atoms with Gasteiger partial charge in [-0.2, -0.15) is 0 Å². The highest BCUT2D eigenvalue weighted by molar-refractivity contribution is 5.99. The number of methoxy groups -OCH3 is 1. The fourth-order valence-corrected chi connectivity index (χ4v) is 1.64. The average molecular weight is 276 g/mol. The largest absolute Gasteiger partial charge is 0.497 e. The van der Waals surface area contributed by atoms with Gasteiger partial charge in [-0.25, -0.2) is 10.2 Å². The van der Waals surface area contributed by atoms with Crippen LogP contribution in [0.1, 0.15) is 10.4 Å². The van der Waals surface area contributed by atoms with Gasteiger partial charge in [0.2, 0.25) is 0 Å². The van der Waals surface area contributed by atoms with Crippen molar-refractivity contribution in [2.24, 2.45) is 5.84 Å². The highest BCUT2D eigenvalue weighted by Gasteiger charge is 2.12. The van der Waals surface area contributed by atoms with Gasteiger partial charge in [0.15, 0.2) is 0 Å². The van der Waals surface area contributed by atoms with E-state index in [1.165, 1.54) is 37.7 Å². The molecule has 0 aliphatic carbocycles. The number of pyridine rings is 1. The molecule has 0 bridgehead atoms. The number of hydrogen-bond donors (Lipinski definition) is 3. The molecule has 6 nitrogen and oxygen atoms in total. The van der Waals surface area contributed by atoms with E-state index in [0.29, 0.717) is 11.4 Å². The van der Waals surface area contributed by atoms with Gasteiger partial charge < -0.3 is 10.1 Å². The van der Waals surface area contributed by atoms with Gasteiger partial charge in [-0.1, -0.05) is 0 Å². The number of benzene rings is 1. The van der Waals surface area contributed by atoms with E-state index in [2.05, 4.69) is 10.3 Å². The first-order valence-corrected chi connectivity index (χ1v) is 5.71. The first kappa shape index (κ1) is 13.8. The van der Waals surface area contributed by atoms with E-state index in [1.807, 2.05) is 5.43 Å². The van der Waals surface area contributed by atoms with Gasteiger partial charge in [0, 0.05) is 12.3 Å². The number of anilines is 2. The number of ether oxygens (including phenoxy) is 1. The lowest BCUT2D eigenvalue weighted by Crippen LogP contribution is -2.30. The lowest BCUT2D eigenvalue weighted by molar-refractivity contribution is 0.0954. The maximum Gasteiger partial charge on any atom is 0.267 e. The van der Waals surface area contributed by atoms with Crippen LogP contribution in [0.2, 0.25) is 0 Å². The Morgan fingerprint density at radius 1 is 1.35 bits per heavy atom. The third-order valence-corrected chi connectivity index (χ3v) is 2.64. The molecule has 20 heavy (non-hydrogen) atoms. The number of rotatable bonds is 4. The number of carbonyl (C=O) groups is 1. The molecule has 0 aliphatic heterocycles. The summed E-state index contributed by atoms with van der Waals surface area (Å²) < 4.78 is 18.8. The van der Waals surface area contributed by atoms with Gasteiger partial charge in [-0.05, 0) is 18.2 Å². The van der Waals surface area contributed by atoms with E-state index in [0.717, 1.165) is 0 Å². The first-order valence-electron chi connectivity index (χ1n) is 5.71. The Balaban J connectivity index is 2.33. The molecule has 1 amide bonds. The van der Waals surface area contributed by atoms with Crippen LogP contribution in [0.25, 0.3) is 0 Å². The molecule has 0 radical (unpaired) electrons. The van der Waals surface area contributed by atoms with E-state index in [4.69, 9.17) is 10.6 Å². The Hall–Kier alpha value is -2.67. The molecule has 0 fully saturated rings. The van der Waals surface area contributed by atoms with Gasteiger partial charge in [0.25, 0.3) is 5.91 Å². The Kier molecular flexibility index (Phi) is 4.11. The van der Waals surface area contributed by atoms with Gasteiger partial charge in [0.05, 0.1) is 30.2 Å². The Labute approximate surface area is 114 Å². The molecule has 0 spiro atoms. The lowest BCUT2D eigenvalue weighted by Gasteiger charge is -2.11. The van der Waals surface area contributed by atoms with Crippen molar-refractivity contribution in [1.82, 2.24) is 10.4 Å². The molecule has 4 N–H and O–H groups in total. The maximum atomic E-state index is 13.8. The second kappa shape index (κ2) is 5.98. The Morgan fingerprint density at radius 2 is 2.15 bits per heavy atom. The van der Waals surface area contributed by atoms with E-state index in [-0.39, 0.29) is 11.3 Å². The molecule has 2 aromatic rings. The minimum absolute atomic E-state index is 0.199. The summed E-state index contributed by atoms with van der Waals surface area (Å²) in [4.78, 5) is 15.5. The van der Waals surface area contributed by atoms with Crippen molar-refractivity contribution in [3.05, 3.63) is 48.0 Å². The van der Waals surface area contributed by atoms with Crippen molar-refractivity contribution >= 4 is 17.3 Å². The summed E-state index contributed by atoms with van der Waals surface area (Å²) in [6, 6.07) is 5.82. The predicted molar refractivity (Wildman–Crippen MR) is 72.1 cm³/mol.